The molecule has 1 aliphatic carbocycles. The minimum atomic E-state index is 0.651. The van der Waals surface area contributed by atoms with Crippen LogP contribution in [0.1, 0.15) is 24.8 Å². The molecule has 0 radical (unpaired) electrons. The number of rotatable bonds is 8. The predicted octanol–water partition coefficient (Wildman–Crippen LogP) is 3.26. The van der Waals surface area contributed by atoms with Crippen molar-refractivity contribution in [3.8, 4) is 5.75 Å². The summed E-state index contributed by atoms with van der Waals surface area (Å²) in [4.78, 5) is 4.03. The second kappa shape index (κ2) is 6.96. The molecule has 0 unspecified atom stereocenters. The van der Waals surface area contributed by atoms with Gasteiger partial charge < -0.3 is 14.6 Å². The fraction of sp³-hybridized carbons (Fsp3) is 0.438. The Hall–Kier alpha value is -1.52. The zero-order valence-electron chi connectivity index (χ0n) is 12.0. The van der Waals surface area contributed by atoms with Crippen LogP contribution in [0.4, 0.5) is 0 Å². The average Bonchev–Trinajstić information content (AvgIpc) is 3.17. The van der Waals surface area contributed by atoms with Gasteiger partial charge in [0.15, 0.2) is 0 Å². The number of nitrogens with one attached hydrogen (secondary N) is 1. The molecule has 5 heteroatoms. The molecule has 1 aromatic heterocycles. The van der Waals surface area contributed by atoms with E-state index in [2.05, 4.69) is 16.4 Å². The largest absolute Gasteiger partial charge is 0.492 e. The summed E-state index contributed by atoms with van der Waals surface area (Å²) in [7, 11) is 0. The molecule has 1 heterocycles. The summed E-state index contributed by atoms with van der Waals surface area (Å²) < 4.78 is 7.96. The van der Waals surface area contributed by atoms with Gasteiger partial charge in [-0.3, -0.25) is 0 Å². The van der Waals surface area contributed by atoms with Crippen molar-refractivity contribution < 1.29 is 4.74 Å². The number of halogens is 1. The van der Waals surface area contributed by atoms with Crippen LogP contribution in [0.25, 0.3) is 0 Å². The Morgan fingerprint density at radius 3 is 3.05 bits per heavy atom. The first-order chi connectivity index (χ1) is 10.3. The lowest BCUT2D eigenvalue weighted by Crippen LogP contribution is -2.16. The van der Waals surface area contributed by atoms with Gasteiger partial charge in [-0.15, -0.1) is 0 Å². The molecule has 2 aromatic rings. The van der Waals surface area contributed by atoms with E-state index in [4.69, 9.17) is 16.3 Å². The number of nitrogens with zero attached hydrogens (tertiary/aromatic N) is 2. The minimum absolute atomic E-state index is 0.651. The summed E-state index contributed by atoms with van der Waals surface area (Å²) in [6.45, 7) is 2.38. The maximum Gasteiger partial charge on any atom is 0.142 e. The van der Waals surface area contributed by atoms with E-state index in [9.17, 15) is 0 Å². The van der Waals surface area contributed by atoms with Crippen LogP contribution < -0.4 is 10.1 Å². The lowest BCUT2D eigenvalue weighted by atomic mass is 10.2. The molecule has 1 saturated carbocycles. The molecule has 4 nitrogen and oxygen atoms in total. The van der Waals surface area contributed by atoms with Gasteiger partial charge in [-0.05, 0) is 25.3 Å². The van der Waals surface area contributed by atoms with Crippen molar-refractivity contribution in [3.63, 3.8) is 0 Å². The third-order valence-electron chi connectivity index (χ3n) is 3.57. The van der Waals surface area contributed by atoms with E-state index in [1.165, 1.54) is 12.8 Å². The Kier molecular flexibility index (Phi) is 4.78. The molecule has 1 aromatic carbocycles. The smallest absolute Gasteiger partial charge is 0.142 e. The number of ether oxygens (including phenoxy) is 1. The maximum absolute atomic E-state index is 6.27. The molecule has 3 rings (SSSR count). The lowest BCUT2D eigenvalue weighted by molar-refractivity contribution is 0.298. The number of aromatic nitrogens is 2. The topological polar surface area (TPSA) is 39.1 Å². The van der Waals surface area contributed by atoms with Crippen LogP contribution >= 0.6 is 11.6 Å². The van der Waals surface area contributed by atoms with E-state index in [-0.39, 0.29) is 0 Å². The molecule has 0 spiro atoms. The van der Waals surface area contributed by atoms with Crippen molar-refractivity contribution in [2.45, 2.75) is 38.4 Å². The average molecular weight is 306 g/mol. The number of para-hydroxylation sites is 1. The molecule has 0 saturated heterocycles. The van der Waals surface area contributed by atoms with Gasteiger partial charge in [-0.25, -0.2) is 4.98 Å². The highest BCUT2D eigenvalue weighted by Gasteiger charge is 2.21. The van der Waals surface area contributed by atoms with Gasteiger partial charge in [0, 0.05) is 37.1 Å². The molecule has 112 valence electrons. The first kappa shape index (κ1) is 14.4. The third-order valence-corrected chi connectivity index (χ3v) is 3.87. The third kappa shape index (κ3) is 4.22. The van der Waals surface area contributed by atoms with Gasteiger partial charge in [0.2, 0.25) is 0 Å². The second-order valence-corrected chi connectivity index (χ2v) is 5.79. The van der Waals surface area contributed by atoms with Gasteiger partial charge in [0.05, 0.1) is 18.0 Å². The highest BCUT2D eigenvalue weighted by Crippen LogP contribution is 2.29. The Morgan fingerprint density at radius 1 is 1.38 bits per heavy atom. The number of hydrogen-bond donors (Lipinski definition) is 1. The molecular formula is C16H20ClN3O. The zero-order chi connectivity index (χ0) is 14.5. The van der Waals surface area contributed by atoms with Gasteiger partial charge in [0.1, 0.15) is 5.75 Å². The van der Waals surface area contributed by atoms with Crippen molar-refractivity contribution in [2.24, 2.45) is 0 Å². The lowest BCUT2D eigenvalue weighted by Gasteiger charge is -2.14. The normalized spacial score (nSPS) is 14.3. The van der Waals surface area contributed by atoms with Gasteiger partial charge in [-0.1, -0.05) is 23.7 Å². The Labute approximate surface area is 130 Å². The highest BCUT2D eigenvalue weighted by atomic mass is 35.5. The minimum Gasteiger partial charge on any atom is -0.492 e. The van der Waals surface area contributed by atoms with Gasteiger partial charge in [-0.2, -0.15) is 0 Å². The standard InChI is InChI=1S/C16H20ClN3O/c17-15-4-1-3-13(11-19-14-5-6-14)16(15)21-10-2-8-20-9-7-18-12-20/h1,3-4,7,9,12,14,19H,2,5-6,8,10-11H2. The van der Waals surface area contributed by atoms with E-state index in [1.807, 2.05) is 29.2 Å². The van der Waals surface area contributed by atoms with Crippen LogP contribution in [-0.4, -0.2) is 22.2 Å². The van der Waals surface area contributed by atoms with E-state index >= 15 is 0 Å². The van der Waals surface area contributed by atoms with Crippen LogP contribution in [0.3, 0.4) is 0 Å². The molecule has 1 aliphatic rings. The Morgan fingerprint density at radius 2 is 2.29 bits per heavy atom. The van der Waals surface area contributed by atoms with Gasteiger partial charge in [0.25, 0.3) is 0 Å². The fourth-order valence-corrected chi connectivity index (χ4v) is 2.49. The summed E-state index contributed by atoms with van der Waals surface area (Å²) in [6.07, 6.45) is 9.05. The van der Waals surface area contributed by atoms with E-state index < -0.39 is 0 Å². The number of aryl methyl sites for hydroxylation is 1. The van der Waals surface area contributed by atoms with Gasteiger partial charge >= 0.3 is 0 Å². The van der Waals surface area contributed by atoms with E-state index in [0.717, 1.165) is 30.8 Å². The quantitative estimate of drug-likeness (QED) is 0.761. The predicted molar refractivity (Wildman–Crippen MR) is 83.7 cm³/mol. The molecule has 0 amide bonds. The first-order valence-corrected chi connectivity index (χ1v) is 7.80. The number of imidazole rings is 1. The molecule has 1 fully saturated rings. The molecular weight excluding hydrogens is 286 g/mol. The molecule has 0 aliphatic heterocycles. The first-order valence-electron chi connectivity index (χ1n) is 7.42. The Balaban J connectivity index is 1.52. The monoisotopic (exact) mass is 305 g/mol. The van der Waals surface area contributed by atoms with E-state index in [0.29, 0.717) is 17.7 Å². The zero-order valence-corrected chi connectivity index (χ0v) is 12.7. The van der Waals surface area contributed by atoms with Crippen molar-refractivity contribution in [1.82, 2.24) is 14.9 Å². The Bertz CT molecular complexity index is 567. The fourth-order valence-electron chi connectivity index (χ4n) is 2.24. The SMILES string of the molecule is Clc1cccc(CNC2CC2)c1OCCCn1ccnc1. The second-order valence-electron chi connectivity index (χ2n) is 5.39. The summed E-state index contributed by atoms with van der Waals surface area (Å²) in [5.74, 6) is 0.818. The van der Waals surface area contributed by atoms with Crippen molar-refractivity contribution >= 4 is 11.6 Å². The molecule has 21 heavy (non-hydrogen) atoms. The van der Waals surface area contributed by atoms with Crippen LogP contribution in [-0.2, 0) is 13.1 Å². The van der Waals surface area contributed by atoms with Crippen molar-refractivity contribution in [2.75, 3.05) is 6.61 Å². The summed E-state index contributed by atoms with van der Waals surface area (Å²) in [6, 6.07) is 6.61. The molecule has 1 N–H and O–H groups in total. The number of benzene rings is 1. The summed E-state index contributed by atoms with van der Waals surface area (Å²) >= 11 is 6.27. The van der Waals surface area contributed by atoms with Crippen LogP contribution in [0.15, 0.2) is 36.9 Å². The number of hydrogen-bond acceptors (Lipinski definition) is 3. The van der Waals surface area contributed by atoms with Crippen LogP contribution in [0, 0.1) is 0 Å². The highest BCUT2D eigenvalue weighted by molar-refractivity contribution is 6.32. The van der Waals surface area contributed by atoms with Crippen LogP contribution in [0.5, 0.6) is 5.75 Å². The van der Waals surface area contributed by atoms with Crippen LogP contribution in [0.2, 0.25) is 5.02 Å². The van der Waals surface area contributed by atoms with E-state index in [1.54, 1.807) is 6.20 Å². The maximum atomic E-state index is 6.27. The van der Waals surface area contributed by atoms with Crippen molar-refractivity contribution in [1.29, 1.82) is 0 Å². The molecule has 0 bridgehead atoms. The summed E-state index contributed by atoms with van der Waals surface area (Å²) in [5, 5.41) is 4.19. The summed E-state index contributed by atoms with van der Waals surface area (Å²) in [5.41, 5.74) is 1.14. The molecule has 0 atom stereocenters. The van der Waals surface area contributed by atoms with Crippen molar-refractivity contribution in [3.05, 3.63) is 47.5 Å².